The number of rotatable bonds is 5. The zero-order valence-corrected chi connectivity index (χ0v) is 14.7. The first kappa shape index (κ1) is 21.0. The highest BCUT2D eigenvalue weighted by atomic mass is 35.5. The number of hydrogen-bond acceptors (Lipinski definition) is 4. The molecule has 1 aromatic carbocycles. The van der Waals surface area contributed by atoms with E-state index >= 15 is 0 Å². The lowest BCUT2D eigenvalue weighted by atomic mass is 10.2. The molecule has 1 fully saturated rings. The van der Waals surface area contributed by atoms with Crippen LogP contribution < -0.4 is 10.2 Å². The number of nitrogens with zero attached hydrogens (tertiary/aromatic N) is 2. The topological polar surface area (TPSA) is 44.8 Å². The first-order valence-corrected chi connectivity index (χ1v) is 7.02. The molecular formula is C15H25Cl2N3O2. The first-order valence-electron chi connectivity index (χ1n) is 7.02. The number of nitrogens with one attached hydrogen (secondary N) is 1. The highest BCUT2D eigenvalue weighted by Crippen LogP contribution is 2.10. The van der Waals surface area contributed by atoms with Crippen LogP contribution in [0.4, 0.5) is 5.69 Å². The molecule has 1 saturated heterocycles. The van der Waals surface area contributed by atoms with Crippen LogP contribution in [0.5, 0.6) is 0 Å². The van der Waals surface area contributed by atoms with Crippen LogP contribution in [-0.4, -0.2) is 63.8 Å². The number of likely N-dealkylation sites (N-methyl/N-ethyl adjacent to an activating group) is 2. The summed E-state index contributed by atoms with van der Waals surface area (Å²) in [5.41, 5.74) is 1.16. The van der Waals surface area contributed by atoms with Gasteiger partial charge in [0.05, 0.1) is 6.61 Å². The Morgan fingerprint density at radius 2 is 1.91 bits per heavy atom. The molecule has 0 bridgehead atoms. The predicted molar refractivity (Wildman–Crippen MR) is 94.5 cm³/mol. The number of anilines is 1. The molecule has 1 atom stereocenters. The number of hydrogen-bond donors (Lipinski definition) is 1. The monoisotopic (exact) mass is 349 g/mol. The molecule has 0 spiro atoms. The first-order chi connectivity index (χ1) is 9.68. The molecule has 0 saturated carbocycles. The molecule has 5 nitrogen and oxygen atoms in total. The van der Waals surface area contributed by atoms with Crippen LogP contribution >= 0.6 is 24.8 Å². The normalized spacial score (nSPS) is 16.9. The second kappa shape index (κ2) is 10.7. The molecule has 0 radical (unpaired) electrons. The van der Waals surface area contributed by atoms with Gasteiger partial charge in [-0.15, -0.1) is 24.8 Å². The largest absolute Gasteiger partial charge is 0.373 e. The van der Waals surface area contributed by atoms with Gasteiger partial charge in [-0.05, 0) is 12.1 Å². The van der Waals surface area contributed by atoms with Gasteiger partial charge in [-0.2, -0.15) is 0 Å². The van der Waals surface area contributed by atoms with E-state index in [1.807, 2.05) is 32.3 Å². The van der Waals surface area contributed by atoms with Crippen molar-refractivity contribution in [1.29, 1.82) is 0 Å². The number of morpholine rings is 1. The second-order valence-corrected chi connectivity index (χ2v) is 5.08. The van der Waals surface area contributed by atoms with E-state index < -0.39 is 0 Å². The Hall–Kier alpha value is -1.01. The van der Waals surface area contributed by atoms with Crippen molar-refractivity contribution in [2.75, 3.05) is 51.8 Å². The predicted octanol–water partition coefficient (Wildman–Crippen LogP) is 1.41. The summed E-state index contributed by atoms with van der Waals surface area (Å²) in [5.74, 6) is 0.0543. The van der Waals surface area contributed by atoms with Gasteiger partial charge >= 0.3 is 0 Å². The number of carbonyl (C=O) groups is 1. The average molecular weight is 350 g/mol. The molecule has 1 aromatic rings. The maximum absolute atomic E-state index is 12.2. The van der Waals surface area contributed by atoms with Crippen molar-refractivity contribution in [2.45, 2.75) is 6.10 Å². The van der Waals surface area contributed by atoms with Crippen molar-refractivity contribution in [1.82, 2.24) is 10.2 Å². The Bertz CT molecular complexity index is 428. The maximum atomic E-state index is 12.2. The van der Waals surface area contributed by atoms with Crippen LogP contribution in [0.15, 0.2) is 30.3 Å². The van der Waals surface area contributed by atoms with E-state index in [4.69, 9.17) is 4.74 Å². The molecule has 7 heteroatoms. The molecule has 1 unspecified atom stereocenters. The van der Waals surface area contributed by atoms with Gasteiger partial charge in [0.2, 0.25) is 0 Å². The molecule has 126 valence electrons. The van der Waals surface area contributed by atoms with Gasteiger partial charge in [-0.25, -0.2) is 0 Å². The summed E-state index contributed by atoms with van der Waals surface area (Å²) in [5, 5.41) is 3.18. The van der Waals surface area contributed by atoms with Crippen molar-refractivity contribution >= 4 is 36.4 Å². The highest BCUT2D eigenvalue weighted by molar-refractivity contribution is 5.85. The van der Waals surface area contributed by atoms with Gasteiger partial charge in [-0.3, -0.25) is 4.79 Å². The van der Waals surface area contributed by atoms with Gasteiger partial charge in [0.25, 0.3) is 5.91 Å². The van der Waals surface area contributed by atoms with E-state index in [0.717, 1.165) is 18.8 Å². The van der Waals surface area contributed by atoms with E-state index in [9.17, 15) is 4.79 Å². The van der Waals surface area contributed by atoms with E-state index in [0.29, 0.717) is 19.7 Å². The summed E-state index contributed by atoms with van der Waals surface area (Å²) >= 11 is 0. The molecule has 0 aliphatic carbocycles. The van der Waals surface area contributed by atoms with E-state index in [1.54, 1.807) is 4.90 Å². The average Bonchev–Trinajstić information content (AvgIpc) is 2.53. The number of amides is 1. The fourth-order valence-electron chi connectivity index (χ4n) is 2.19. The van der Waals surface area contributed by atoms with Crippen molar-refractivity contribution in [3.8, 4) is 0 Å². The Kier molecular flexibility index (Phi) is 10.2. The van der Waals surface area contributed by atoms with Gasteiger partial charge < -0.3 is 19.9 Å². The number of benzene rings is 1. The molecule has 0 aromatic heterocycles. The highest BCUT2D eigenvalue weighted by Gasteiger charge is 2.24. The third-order valence-corrected chi connectivity index (χ3v) is 3.55. The lowest BCUT2D eigenvalue weighted by Crippen LogP contribution is -2.49. The molecule has 22 heavy (non-hydrogen) atoms. The molecule has 1 aliphatic heterocycles. The van der Waals surface area contributed by atoms with Crippen LogP contribution in [0.2, 0.25) is 0 Å². The van der Waals surface area contributed by atoms with Gasteiger partial charge in [0.15, 0.2) is 0 Å². The zero-order valence-electron chi connectivity index (χ0n) is 13.0. The summed E-state index contributed by atoms with van der Waals surface area (Å²) in [4.78, 5) is 16.1. The molecule has 1 aliphatic rings. The summed E-state index contributed by atoms with van der Waals surface area (Å²) in [6.07, 6.45) is -0.337. The minimum Gasteiger partial charge on any atom is -0.373 e. The minimum absolute atomic E-state index is 0. The fourth-order valence-corrected chi connectivity index (χ4v) is 2.19. The van der Waals surface area contributed by atoms with Gasteiger partial charge in [0, 0.05) is 46.0 Å². The quantitative estimate of drug-likeness (QED) is 0.872. The third-order valence-electron chi connectivity index (χ3n) is 3.55. The van der Waals surface area contributed by atoms with Gasteiger partial charge in [-0.1, -0.05) is 18.2 Å². The number of halogens is 2. The Labute approximate surface area is 144 Å². The molecule has 2 rings (SSSR count). The Morgan fingerprint density at radius 3 is 2.50 bits per heavy atom. The van der Waals surface area contributed by atoms with Crippen LogP contribution in [0.3, 0.4) is 0 Å². The number of ether oxygens (including phenoxy) is 1. The standard InChI is InChI=1S/C15H23N3O2.2ClH/c1-17(13-6-4-3-5-7-13)9-10-18(2)15(19)14-12-16-8-11-20-14;;/h3-7,14,16H,8-12H2,1-2H3;2*1H. The lowest BCUT2D eigenvalue weighted by molar-refractivity contribution is -0.143. The molecule has 1 amide bonds. The third kappa shape index (κ3) is 6.01. The minimum atomic E-state index is -0.337. The summed E-state index contributed by atoms with van der Waals surface area (Å²) in [6, 6.07) is 10.2. The van der Waals surface area contributed by atoms with E-state index in [1.165, 1.54) is 0 Å². The zero-order chi connectivity index (χ0) is 14.4. The Balaban J connectivity index is 0.00000220. The van der Waals surface area contributed by atoms with Crippen molar-refractivity contribution in [3.05, 3.63) is 30.3 Å². The van der Waals surface area contributed by atoms with Crippen LogP contribution in [0, 0.1) is 0 Å². The molecular weight excluding hydrogens is 325 g/mol. The van der Waals surface area contributed by atoms with E-state index in [2.05, 4.69) is 22.3 Å². The van der Waals surface area contributed by atoms with Crippen molar-refractivity contribution in [2.24, 2.45) is 0 Å². The smallest absolute Gasteiger partial charge is 0.252 e. The molecule has 1 N–H and O–H groups in total. The molecule has 1 heterocycles. The lowest BCUT2D eigenvalue weighted by Gasteiger charge is -2.29. The van der Waals surface area contributed by atoms with Crippen LogP contribution in [0.1, 0.15) is 0 Å². The maximum Gasteiger partial charge on any atom is 0.252 e. The second-order valence-electron chi connectivity index (χ2n) is 5.08. The van der Waals surface area contributed by atoms with Gasteiger partial charge in [0.1, 0.15) is 6.10 Å². The fraction of sp³-hybridized carbons (Fsp3) is 0.533. The van der Waals surface area contributed by atoms with Crippen molar-refractivity contribution in [3.63, 3.8) is 0 Å². The SMILES string of the molecule is CN(CCN(C)c1ccccc1)C(=O)C1CNCCO1.Cl.Cl. The summed E-state index contributed by atoms with van der Waals surface area (Å²) in [7, 11) is 3.87. The number of carbonyl (C=O) groups excluding carboxylic acids is 1. The van der Waals surface area contributed by atoms with Crippen molar-refractivity contribution < 1.29 is 9.53 Å². The number of para-hydroxylation sites is 1. The van der Waals surface area contributed by atoms with Crippen LogP contribution in [-0.2, 0) is 9.53 Å². The van der Waals surface area contributed by atoms with Crippen LogP contribution in [0.25, 0.3) is 0 Å². The summed E-state index contributed by atoms with van der Waals surface area (Å²) in [6.45, 7) is 3.52. The van der Waals surface area contributed by atoms with E-state index in [-0.39, 0.29) is 36.8 Å². The Morgan fingerprint density at radius 1 is 1.23 bits per heavy atom. The summed E-state index contributed by atoms with van der Waals surface area (Å²) < 4.78 is 5.48.